The first kappa shape index (κ1) is 16.2. The third-order valence-corrected chi connectivity index (χ3v) is 5.16. The highest BCUT2D eigenvalue weighted by Gasteiger charge is 2.28. The van der Waals surface area contributed by atoms with E-state index in [1.54, 1.807) is 0 Å². The van der Waals surface area contributed by atoms with Crippen LogP contribution >= 0.6 is 0 Å². The Morgan fingerprint density at radius 2 is 2.12 bits per heavy atom. The second-order valence-electron chi connectivity index (χ2n) is 7.14. The Hall–Kier alpha value is -2.33. The molecule has 2 aliphatic heterocycles. The third-order valence-electron chi connectivity index (χ3n) is 5.16. The number of ether oxygens (including phenoxy) is 1. The second kappa shape index (κ2) is 6.52. The van der Waals surface area contributed by atoms with Crippen LogP contribution in [0.1, 0.15) is 34.2 Å². The van der Waals surface area contributed by atoms with Crippen molar-refractivity contribution < 1.29 is 9.53 Å². The largest absolute Gasteiger partial charge is 0.488 e. The first-order valence-corrected chi connectivity index (χ1v) is 8.98. The first-order valence-electron chi connectivity index (χ1n) is 8.98. The molecule has 0 radical (unpaired) electrons. The maximum absolute atomic E-state index is 11.7. The van der Waals surface area contributed by atoms with Crippen molar-refractivity contribution in [3.8, 4) is 5.75 Å². The van der Waals surface area contributed by atoms with E-state index in [0.29, 0.717) is 6.42 Å². The van der Waals surface area contributed by atoms with Crippen LogP contribution in [-0.4, -0.2) is 18.6 Å². The average molecular weight is 336 g/mol. The molecule has 1 amide bonds. The molecular weight excluding hydrogens is 312 g/mol. The molecule has 2 aliphatic rings. The van der Waals surface area contributed by atoms with Crippen molar-refractivity contribution in [3.63, 3.8) is 0 Å². The van der Waals surface area contributed by atoms with Crippen molar-refractivity contribution in [3.05, 3.63) is 58.1 Å². The van der Waals surface area contributed by atoms with Crippen LogP contribution in [0, 0.1) is 13.8 Å². The lowest BCUT2D eigenvalue weighted by molar-refractivity contribution is -0.115. The Kier molecular flexibility index (Phi) is 4.22. The summed E-state index contributed by atoms with van der Waals surface area (Å²) in [5.41, 5.74) is 7.11. The summed E-state index contributed by atoms with van der Waals surface area (Å²) >= 11 is 0. The number of rotatable bonds is 4. The molecule has 2 aromatic carbocycles. The van der Waals surface area contributed by atoms with Crippen LogP contribution in [0.5, 0.6) is 5.75 Å². The molecular formula is C21H24N2O2. The second-order valence-corrected chi connectivity index (χ2v) is 7.14. The van der Waals surface area contributed by atoms with Gasteiger partial charge in [0.15, 0.2) is 0 Å². The number of aryl methyl sites for hydroxylation is 3. The standard InChI is InChI=1S/C21H24N2O2/c1-13-3-4-16(14(2)9-13)11-22-12-17-7-5-15-6-8-19-18(21(15)25-17)10-20(24)23-19/h3-4,6,8-9,17,22H,5,7,10-12H2,1-2H3,(H,23,24)/t17-/m0/s1. The van der Waals surface area contributed by atoms with Crippen molar-refractivity contribution >= 4 is 11.6 Å². The van der Waals surface area contributed by atoms with E-state index < -0.39 is 0 Å². The summed E-state index contributed by atoms with van der Waals surface area (Å²) in [5.74, 6) is 0.988. The zero-order chi connectivity index (χ0) is 17.4. The number of anilines is 1. The Morgan fingerprint density at radius 1 is 1.24 bits per heavy atom. The SMILES string of the molecule is Cc1ccc(CNC[C@@H]2CCc3ccc4c(c3O2)CC(=O)N4)c(C)c1. The third kappa shape index (κ3) is 3.27. The molecule has 0 aromatic heterocycles. The lowest BCUT2D eigenvalue weighted by Crippen LogP contribution is -2.34. The predicted molar refractivity (Wildman–Crippen MR) is 99.1 cm³/mol. The number of hydrogen-bond acceptors (Lipinski definition) is 3. The first-order chi connectivity index (χ1) is 12.1. The molecule has 2 N–H and O–H groups in total. The molecule has 4 heteroatoms. The fourth-order valence-corrected chi connectivity index (χ4v) is 3.77. The quantitative estimate of drug-likeness (QED) is 0.901. The van der Waals surface area contributed by atoms with Crippen molar-refractivity contribution in [1.29, 1.82) is 0 Å². The van der Waals surface area contributed by atoms with Gasteiger partial charge in [-0.25, -0.2) is 0 Å². The average Bonchev–Trinajstić information content (AvgIpc) is 2.97. The van der Waals surface area contributed by atoms with E-state index >= 15 is 0 Å². The van der Waals surface area contributed by atoms with Gasteiger partial charge in [0, 0.05) is 24.3 Å². The number of benzene rings is 2. The Labute approximate surface area is 148 Å². The van der Waals surface area contributed by atoms with Gasteiger partial charge in [-0.05, 0) is 49.4 Å². The Balaban J connectivity index is 1.40. The fraction of sp³-hybridized carbons (Fsp3) is 0.381. The monoisotopic (exact) mass is 336 g/mol. The van der Waals surface area contributed by atoms with Gasteiger partial charge in [-0.1, -0.05) is 29.8 Å². The number of fused-ring (bicyclic) bond motifs is 3. The van der Waals surface area contributed by atoms with Crippen molar-refractivity contribution in [2.75, 3.05) is 11.9 Å². The highest BCUT2D eigenvalue weighted by Crippen LogP contribution is 2.38. The van der Waals surface area contributed by atoms with Crippen LogP contribution in [0.4, 0.5) is 5.69 Å². The van der Waals surface area contributed by atoms with Crippen molar-refractivity contribution in [2.45, 2.75) is 45.8 Å². The maximum Gasteiger partial charge on any atom is 0.229 e. The highest BCUT2D eigenvalue weighted by molar-refractivity contribution is 6.00. The summed E-state index contributed by atoms with van der Waals surface area (Å²) in [5, 5.41) is 6.43. The smallest absolute Gasteiger partial charge is 0.229 e. The molecule has 130 valence electrons. The summed E-state index contributed by atoms with van der Waals surface area (Å²) in [6.07, 6.45) is 2.60. The minimum absolute atomic E-state index is 0.0575. The summed E-state index contributed by atoms with van der Waals surface area (Å²) in [6, 6.07) is 10.7. The molecule has 4 nitrogen and oxygen atoms in total. The fourth-order valence-electron chi connectivity index (χ4n) is 3.77. The lowest BCUT2D eigenvalue weighted by atomic mass is 9.97. The molecule has 4 rings (SSSR count). The van der Waals surface area contributed by atoms with Gasteiger partial charge in [0.2, 0.25) is 5.91 Å². The van der Waals surface area contributed by atoms with Crippen LogP contribution in [0.2, 0.25) is 0 Å². The van der Waals surface area contributed by atoms with Crippen LogP contribution in [-0.2, 0) is 24.2 Å². The number of amides is 1. The van der Waals surface area contributed by atoms with E-state index in [2.05, 4.69) is 48.7 Å². The molecule has 0 bridgehead atoms. The van der Waals surface area contributed by atoms with Gasteiger partial charge in [0.05, 0.1) is 6.42 Å². The van der Waals surface area contributed by atoms with E-state index in [1.165, 1.54) is 22.3 Å². The Morgan fingerprint density at radius 3 is 2.96 bits per heavy atom. The maximum atomic E-state index is 11.7. The number of carbonyl (C=O) groups excluding carboxylic acids is 1. The molecule has 0 fully saturated rings. The zero-order valence-corrected chi connectivity index (χ0v) is 14.8. The minimum Gasteiger partial charge on any atom is -0.488 e. The van der Waals surface area contributed by atoms with Gasteiger partial charge >= 0.3 is 0 Å². The van der Waals surface area contributed by atoms with Gasteiger partial charge in [0.25, 0.3) is 0 Å². The molecule has 2 aromatic rings. The lowest BCUT2D eigenvalue weighted by Gasteiger charge is -2.28. The summed E-state index contributed by atoms with van der Waals surface area (Å²) in [7, 11) is 0. The van der Waals surface area contributed by atoms with Gasteiger partial charge in [-0.2, -0.15) is 0 Å². The number of carbonyl (C=O) groups is 1. The van der Waals surface area contributed by atoms with E-state index in [1.807, 2.05) is 6.07 Å². The summed E-state index contributed by atoms with van der Waals surface area (Å²) in [6.45, 7) is 5.95. The molecule has 0 unspecified atom stereocenters. The van der Waals surface area contributed by atoms with Gasteiger partial charge in [-0.15, -0.1) is 0 Å². The normalized spacial score (nSPS) is 18.3. The number of nitrogens with one attached hydrogen (secondary N) is 2. The molecule has 0 spiro atoms. The van der Waals surface area contributed by atoms with Crippen molar-refractivity contribution in [2.24, 2.45) is 0 Å². The predicted octanol–water partition coefficient (Wildman–Crippen LogP) is 3.28. The highest BCUT2D eigenvalue weighted by atomic mass is 16.5. The molecule has 0 aliphatic carbocycles. The van der Waals surface area contributed by atoms with Gasteiger partial charge < -0.3 is 15.4 Å². The molecule has 0 saturated carbocycles. The van der Waals surface area contributed by atoms with Crippen LogP contribution in [0.25, 0.3) is 0 Å². The van der Waals surface area contributed by atoms with Gasteiger partial charge in [-0.3, -0.25) is 4.79 Å². The van der Waals surface area contributed by atoms with Crippen molar-refractivity contribution in [1.82, 2.24) is 5.32 Å². The van der Waals surface area contributed by atoms with E-state index in [0.717, 1.165) is 42.9 Å². The number of hydrogen-bond donors (Lipinski definition) is 2. The topological polar surface area (TPSA) is 50.4 Å². The molecule has 0 saturated heterocycles. The molecule has 25 heavy (non-hydrogen) atoms. The minimum atomic E-state index is 0.0575. The van der Waals surface area contributed by atoms with E-state index in [4.69, 9.17) is 4.74 Å². The van der Waals surface area contributed by atoms with E-state index in [-0.39, 0.29) is 12.0 Å². The summed E-state index contributed by atoms with van der Waals surface area (Å²) < 4.78 is 6.26. The summed E-state index contributed by atoms with van der Waals surface area (Å²) in [4.78, 5) is 11.7. The van der Waals surface area contributed by atoms with Gasteiger partial charge in [0.1, 0.15) is 11.9 Å². The van der Waals surface area contributed by atoms with Crippen LogP contribution < -0.4 is 15.4 Å². The van der Waals surface area contributed by atoms with E-state index in [9.17, 15) is 4.79 Å². The van der Waals surface area contributed by atoms with Crippen LogP contribution in [0.3, 0.4) is 0 Å². The molecule has 2 heterocycles. The Bertz CT molecular complexity index is 829. The molecule has 1 atom stereocenters. The zero-order valence-electron chi connectivity index (χ0n) is 14.8. The van der Waals surface area contributed by atoms with Crippen LogP contribution in [0.15, 0.2) is 30.3 Å².